The number of benzene rings is 1. The summed E-state index contributed by atoms with van der Waals surface area (Å²) in [6.45, 7) is 5.48. The fourth-order valence-electron chi connectivity index (χ4n) is 4.75. The summed E-state index contributed by atoms with van der Waals surface area (Å²) in [6.07, 6.45) is 2.91. The van der Waals surface area contributed by atoms with Gasteiger partial charge in [0.05, 0.1) is 5.56 Å². The lowest BCUT2D eigenvalue weighted by atomic mass is 10.1. The number of amides is 4. The van der Waals surface area contributed by atoms with Crippen molar-refractivity contribution >= 4 is 35.4 Å². The van der Waals surface area contributed by atoms with Crippen molar-refractivity contribution in [2.24, 2.45) is 0 Å². The number of piperazine rings is 1. The van der Waals surface area contributed by atoms with E-state index in [1.54, 1.807) is 12.3 Å². The summed E-state index contributed by atoms with van der Waals surface area (Å²) in [6, 6.07) is 13.2. The van der Waals surface area contributed by atoms with Gasteiger partial charge in [0.15, 0.2) is 0 Å². The number of hydrogen-bond acceptors (Lipinski definition) is 7. The highest BCUT2D eigenvalue weighted by Gasteiger charge is 2.38. The molecule has 2 aromatic heterocycles. The number of carbonyl (C=O) groups is 3. The topological polar surface area (TPSA) is 98.5 Å². The molecule has 0 bridgehead atoms. The van der Waals surface area contributed by atoms with Crippen LogP contribution in [-0.4, -0.2) is 82.2 Å². The summed E-state index contributed by atoms with van der Waals surface area (Å²) < 4.78 is 1.42. The van der Waals surface area contributed by atoms with Gasteiger partial charge in [0.25, 0.3) is 17.4 Å². The molecule has 0 aliphatic carbocycles. The Morgan fingerprint density at radius 3 is 2.16 bits per heavy atom. The lowest BCUT2D eigenvalue weighted by Gasteiger charge is -2.36. The molecule has 0 atom stereocenters. The molecule has 4 heterocycles. The number of imide groups is 2. The first-order chi connectivity index (χ1) is 17.8. The number of pyridine rings is 1. The molecule has 0 saturated carbocycles. The molecule has 2 aliphatic heterocycles. The van der Waals surface area contributed by atoms with Crippen molar-refractivity contribution in [3.63, 3.8) is 0 Å². The van der Waals surface area contributed by atoms with Gasteiger partial charge in [-0.05, 0) is 30.2 Å². The minimum Gasteiger partial charge on any atom is -0.353 e. The van der Waals surface area contributed by atoms with Gasteiger partial charge in [0.2, 0.25) is 0 Å². The molecule has 2 fully saturated rings. The zero-order valence-electron chi connectivity index (χ0n) is 21.0. The number of urea groups is 1. The average molecular weight is 501 g/mol. The van der Waals surface area contributed by atoms with E-state index in [0.29, 0.717) is 24.6 Å². The van der Waals surface area contributed by atoms with Crippen LogP contribution >= 0.6 is 0 Å². The molecule has 0 N–H and O–H groups in total. The first-order valence-electron chi connectivity index (χ1n) is 12.1. The Morgan fingerprint density at radius 2 is 1.51 bits per heavy atom. The first-order valence-corrected chi connectivity index (χ1v) is 12.1. The third-order valence-corrected chi connectivity index (χ3v) is 6.92. The smallest absolute Gasteiger partial charge is 0.333 e. The van der Waals surface area contributed by atoms with E-state index in [2.05, 4.69) is 17.0 Å². The van der Waals surface area contributed by atoms with Gasteiger partial charge in [-0.1, -0.05) is 36.4 Å². The van der Waals surface area contributed by atoms with Crippen LogP contribution in [0.4, 0.5) is 10.6 Å². The van der Waals surface area contributed by atoms with Crippen LogP contribution in [0.5, 0.6) is 0 Å². The average Bonchev–Trinajstić information content (AvgIpc) is 2.91. The van der Waals surface area contributed by atoms with Crippen molar-refractivity contribution in [2.45, 2.75) is 13.5 Å². The Hall–Kier alpha value is -4.31. The maximum absolute atomic E-state index is 13.7. The van der Waals surface area contributed by atoms with Crippen LogP contribution in [0.15, 0.2) is 59.0 Å². The van der Waals surface area contributed by atoms with Crippen molar-refractivity contribution in [1.82, 2.24) is 24.1 Å². The number of aryl methyl sites for hydroxylation is 1. The predicted molar refractivity (Wildman–Crippen MR) is 139 cm³/mol. The lowest BCUT2D eigenvalue weighted by Crippen LogP contribution is -2.53. The maximum atomic E-state index is 13.7. The van der Waals surface area contributed by atoms with Crippen LogP contribution in [0.3, 0.4) is 0 Å². The molecule has 2 saturated heterocycles. The molecule has 0 spiro atoms. The number of nitrogens with zero attached hydrogens (tertiary/aromatic N) is 6. The third kappa shape index (κ3) is 4.40. The fraction of sp³-hybridized carbons (Fsp3) is 0.296. The Morgan fingerprint density at radius 1 is 0.865 bits per heavy atom. The number of rotatable bonds is 4. The van der Waals surface area contributed by atoms with Crippen molar-refractivity contribution in [3.8, 4) is 0 Å². The Balaban J connectivity index is 1.55. The van der Waals surface area contributed by atoms with Crippen LogP contribution < -0.4 is 10.5 Å². The molecule has 190 valence electrons. The van der Waals surface area contributed by atoms with Crippen LogP contribution in [0.2, 0.25) is 0 Å². The number of aromatic nitrogens is 2. The highest BCUT2D eigenvalue weighted by Crippen LogP contribution is 2.24. The van der Waals surface area contributed by atoms with Crippen LogP contribution in [0, 0.1) is 6.92 Å². The van der Waals surface area contributed by atoms with Gasteiger partial charge in [-0.3, -0.25) is 33.5 Å². The van der Waals surface area contributed by atoms with Crippen LogP contribution in [-0.2, 0) is 16.1 Å². The van der Waals surface area contributed by atoms with Gasteiger partial charge in [-0.2, -0.15) is 0 Å². The van der Waals surface area contributed by atoms with E-state index in [4.69, 9.17) is 4.98 Å². The highest BCUT2D eigenvalue weighted by molar-refractivity contribution is 6.30. The van der Waals surface area contributed by atoms with E-state index in [1.807, 2.05) is 36.1 Å². The van der Waals surface area contributed by atoms with Gasteiger partial charge < -0.3 is 4.90 Å². The van der Waals surface area contributed by atoms with Crippen molar-refractivity contribution in [2.75, 3.05) is 45.2 Å². The number of fused-ring (bicyclic) bond motifs is 1. The summed E-state index contributed by atoms with van der Waals surface area (Å²) in [5, 5.41) is 0. The number of anilines is 1. The summed E-state index contributed by atoms with van der Waals surface area (Å²) in [4.78, 5) is 62.6. The Labute approximate surface area is 214 Å². The molecule has 3 aromatic rings. The fourth-order valence-corrected chi connectivity index (χ4v) is 4.75. The predicted octanol–water partition coefficient (Wildman–Crippen LogP) is 1.76. The summed E-state index contributed by atoms with van der Waals surface area (Å²) in [5.74, 6) is -1.07. The highest BCUT2D eigenvalue weighted by atomic mass is 16.2. The van der Waals surface area contributed by atoms with Crippen molar-refractivity contribution in [1.29, 1.82) is 0 Å². The molecule has 2 aliphatic rings. The van der Waals surface area contributed by atoms with Gasteiger partial charge >= 0.3 is 6.03 Å². The van der Waals surface area contributed by atoms with Crippen molar-refractivity contribution < 1.29 is 14.4 Å². The molecule has 10 heteroatoms. The molecule has 0 radical (unpaired) electrons. The van der Waals surface area contributed by atoms with E-state index >= 15 is 0 Å². The molecule has 4 amide bonds. The molecular formula is C27H28N6O4. The molecule has 10 nitrogen and oxygen atoms in total. The maximum Gasteiger partial charge on any atom is 0.333 e. The summed E-state index contributed by atoms with van der Waals surface area (Å²) in [7, 11) is 2.62. The van der Waals surface area contributed by atoms with Gasteiger partial charge in [-0.15, -0.1) is 0 Å². The minimum absolute atomic E-state index is 0.146. The summed E-state index contributed by atoms with van der Waals surface area (Å²) >= 11 is 0. The van der Waals surface area contributed by atoms with E-state index < -0.39 is 17.8 Å². The number of carbonyl (C=O) groups excluding carboxylic acids is 3. The molecule has 0 unspecified atom stereocenters. The monoisotopic (exact) mass is 500 g/mol. The molecular weight excluding hydrogens is 472 g/mol. The quantitative estimate of drug-likeness (QED) is 0.398. The van der Waals surface area contributed by atoms with E-state index in [1.165, 1.54) is 30.1 Å². The number of hydrogen-bond donors (Lipinski definition) is 0. The Kier molecular flexibility index (Phi) is 6.34. The molecule has 5 rings (SSSR count). The lowest BCUT2D eigenvalue weighted by molar-refractivity contribution is -0.134. The van der Waals surface area contributed by atoms with Gasteiger partial charge in [0.1, 0.15) is 17.0 Å². The van der Waals surface area contributed by atoms with Gasteiger partial charge in [-0.25, -0.2) is 9.78 Å². The Bertz CT molecular complexity index is 1460. The zero-order valence-corrected chi connectivity index (χ0v) is 21.0. The normalized spacial score (nSPS) is 17.2. The number of likely N-dealkylation sites (N-methyl/N-ethyl adjacent to an activating group) is 2. The zero-order chi connectivity index (χ0) is 26.3. The van der Waals surface area contributed by atoms with Crippen LogP contribution in [0.25, 0.3) is 11.7 Å². The standard InChI is InChI=1S/C27H28N6O4/c1-18-8-7-11-33-22(18)28-23(32-14-12-31(13-15-32)17-19-9-5-4-6-10-19)20(26(33)36)16-21-24(34)29(2)27(37)30(3)25(21)35/h4-11,16H,12-15,17H2,1-3H3. The van der Waals surface area contributed by atoms with Gasteiger partial charge in [0, 0.05) is 53.0 Å². The van der Waals surface area contributed by atoms with Crippen LogP contribution in [0.1, 0.15) is 16.7 Å². The van der Waals surface area contributed by atoms with E-state index in [9.17, 15) is 19.2 Å². The second-order valence-electron chi connectivity index (χ2n) is 9.36. The second kappa shape index (κ2) is 9.62. The molecule has 37 heavy (non-hydrogen) atoms. The second-order valence-corrected chi connectivity index (χ2v) is 9.36. The van der Waals surface area contributed by atoms with E-state index in [0.717, 1.165) is 35.0 Å². The largest absolute Gasteiger partial charge is 0.353 e. The first kappa shape index (κ1) is 24.4. The van der Waals surface area contributed by atoms with Crippen molar-refractivity contribution in [3.05, 3.63) is 81.3 Å². The SMILES string of the molecule is Cc1cccn2c(=O)c(C=C3C(=O)N(C)C(=O)N(C)C3=O)c(N3CCN(Cc4ccccc4)CC3)nc12. The third-order valence-electron chi connectivity index (χ3n) is 6.92. The summed E-state index contributed by atoms with van der Waals surface area (Å²) in [5.41, 5.74) is 2.09. The number of barbiturate groups is 1. The van der Waals surface area contributed by atoms with E-state index in [-0.39, 0.29) is 16.7 Å². The molecule has 1 aromatic carbocycles. The minimum atomic E-state index is -0.750.